The van der Waals surface area contributed by atoms with Crippen molar-refractivity contribution >= 4 is 5.91 Å². The first kappa shape index (κ1) is 13.3. The minimum Gasteiger partial charge on any atom is -0.448 e. The molecule has 0 fully saturated rings. The van der Waals surface area contributed by atoms with Crippen molar-refractivity contribution in [2.45, 2.75) is 32.7 Å². The molecule has 2 aromatic rings. The third kappa shape index (κ3) is 3.22. The van der Waals surface area contributed by atoms with Crippen molar-refractivity contribution in [3.63, 3.8) is 0 Å². The zero-order valence-electron chi connectivity index (χ0n) is 11.4. The molecule has 1 heterocycles. The van der Waals surface area contributed by atoms with Crippen LogP contribution in [-0.2, 0) is 0 Å². The van der Waals surface area contributed by atoms with Crippen LogP contribution in [0.5, 0.6) is 0 Å². The van der Waals surface area contributed by atoms with Gasteiger partial charge in [0.2, 0.25) is 0 Å². The van der Waals surface area contributed by atoms with Crippen LogP contribution in [0, 0.1) is 0 Å². The van der Waals surface area contributed by atoms with Crippen LogP contribution in [0.4, 0.5) is 0 Å². The molecule has 0 saturated carbocycles. The fourth-order valence-corrected chi connectivity index (χ4v) is 1.75. The Bertz CT molecular complexity index is 546. The first-order chi connectivity index (χ1) is 9.08. The normalized spacial score (nSPS) is 12.4. The molecule has 0 spiro atoms. The van der Waals surface area contributed by atoms with Crippen molar-refractivity contribution in [3.8, 4) is 0 Å². The second-order valence-electron chi connectivity index (χ2n) is 4.83. The Labute approximate surface area is 112 Å². The van der Waals surface area contributed by atoms with E-state index in [-0.39, 0.29) is 17.9 Å². The van der Waals surface area contributed by atoms with Gasteiger partial charge in [-0.2, -0.15) is 0 Å². The van der Waals surface area contributed by atoms with E-state index < -0.39 is 0 Å². The molecular weight excluding hydrogens is 240 g/mol. The number of amides is 1. The van der Waals surface area contributed by atoms with E-state index in [0.717, 1.165) is 5.56 Å². The van der Waals surface area contributed by atoms with Gasteiger partial charge in [0.15, 0.2) is 11.6 Å². The highest BCUT2D eigenvalue weighted by atomic mass is 16.3. The van der Waals surface area contributed by atoms with Gasteiger partial charge >= 0.3 is 0 Å². The first-order valence-electron chi connectivity index (χ1n) is 6.39. The lowest BCUT2D eigenvalue weighted by Gasteiger charge is -2.12. The molecule has 1 N–H and O–H groups in total. The Morgan fingerprint density at radius 1 is 1.21 bits per heavy atom. The second-order valence-corrected chi connectivity index (χ2v) is 4.83. The summed E-state index contributed by atoms with van der Waals surface area (Å²) in [6.45, 7) is 5.89. The Morgan fingerprint density at radius 2 is 1.89 bits per heavy atom. The number of carbonyl (C=O) groups is 1. The standard InChI is InChI=1S/C15H18N2O2/c1-10(2)15-17-13(9-19-15)14(18)16-11(3)12-7-5-4-6-8-12/h4-11H,1-3H3,(H,16,18)/t11-/m1/s1. The number of rotatable bonds is 4. The number of carbonyl (C=O) groups excluding carboxylic acids is 1. The van der Waals surface area contributed by atoms with Gasteiger partial charge in [-0.05, 0) is 12.5 Å². The SMILES string of the molecule is CC(C)c1nc(C(=O)N[C@H](C)c2ccccc2)co1. The van der Waals surface area contributed by atoms with E-state index in [1.165, 1.54) is 6.26 Å². The van der Waals surface area contributed by atoms with E-state index in [0.29, 0.717) is 11.6 Å². The highest BCUT2D eigenvalue weighted by Crippen LogP contribution is 2.15. The molecule has 1 aromatic carbocycles. The molecule has 2 rings (SSSR count). The molecule has 0 saturated heterocycles. The monoisotopic (exact) mass is 258 g/mol. The largest absolute Gasteiger partial charge is 0.448 e. The molecule has 0 unspecified atom stereocenters. The number of benzene rings is 1. The van der Waals surface area contributed by atoms with Crippen LogP contribution in [0.3, 0.4) is 0 Å². The summed E-state index contributed by atoms with van der Waals surface area (Å²) >= 11 is 0. The summed E-state index contributed by atoms with van der Waals surface area (Å²) in [5.74, 6) is 0.539. The highest BCUT2D eigenvalue weighted by Gasteiger charge is 2.16. The van der Waals surface area contributed by atoms with Gasteiger partial charge in [0, 0.05) is 5.92 Å². The average molecular weight is 258 g/mol. The molecule has 1 atom stereocenters. The van der Waals surface area contributed by atoms with Crippen LogP contribution in [-0.4, -0.2) is 10.9 Å². The molecule has 0 aliphatic heterocycles. The van der Waals surface area contributed by atoms with Gasteiger partial charge in [-0.15, -0.1) is 0 Å². The Hall–Kier alpha value is -2.10. The predicted molar refractivity (Wildman–Crippen MR) is 72.9 cm³/mol. The van der Waals surface area contributed by atoms with Crippen LogP contribution in [0.15, 0.2) is 41.0 Å². The summed E-state index contributed by atoms with van der Waals surface area (Å²) in [4.78, 5) is 16.2. The van der Waals surface area contributed by atoms with Crippen molar-refractivity contribution in [1.82, 2.24) is 10.3 Å². The zero-order chi connectivity index (χ0) is 13.8. The Morgan fingerprint density at radius 3 is 2.47 bits per heavy atom. The van der Waals surface area contributed by atoms with Crippen LogP contribution in [0.25, 0.3) is 0 Å². The van der Waals surface area contributed by atoms with Crippen molar-refractivity contribution in [2.24, 2.45) is 0 Å². The topological polar surface area (TPSA) is 55.1 Å². The Kier molecular flexibility index (Phi) is 4.00. The van der Waals surface area contributed by atoms with Gasteiger partial charge in [0.25, 0.3) is 5.91 Å². The lowest BCUT2D eigenvalue weighted by molar-refractivity contribution is 0.0935. The lowest BCUT2D eigenvalue weighted by Crippen LogP contribution is -2.26. The summed E-state index contributed by atoms with van der Waals surface area (Å²) < 4.78 is 5.26. The molecule has 100 valence electrons. The zero-order valence-corrected chi connectivity index (χ0v) is 11.4. The fourth-order valence-electron chi connectivity index (χ4n) is 1.75. The van der Waals surface area contributed by atoms with Gasteiger partial charge in [-0.3, -0.25) is 4.79 Å². The fraction of sp³-hybridized carbons (Fsp3) is 0.333. The van der Waals surface area contributed by atoms with E-state index in [2.05, 4.69) is 10.3 Å². The summed E-state index contributed by atoms with van der Waals surface area (Å²) in [5, 5.41) is 2.90. The summed E-state index contributed by atoms with van der Waals surface area (Å²) in [6.07, 6.45) is 1.41. The van der Waals surface area contributed by atoms with Crippen LogP contribution >= 0.6 is 0 Å². The average Bonchev–Trinajstić information content (AvgIpc) is 2.89. The van der Waals surface area contributed by atoms with Crippen molar-refractivity contribution in [3.05, 3.63) is 53.7 Å². The lowest BCUT2D eigenvalue weighted by atomic mass is 10.1. The van der Waals surface area contributed by atoms with Crippen LogP contribution < -0.4 is 5.32 Å². The first-order valence-corrected chi connectivity index (χ1v) is 6.39. The second kappa shape index (κ2) is 5.69. The maximum Gasteiger partial charge on any atom is 0.273 e. The molecule has 0 bridgehead atoms. The van der Waals surface area contributed by atoms with Gasteiger partial charge in [0.05, 0.1) is 6.04 Å². The number of nitrogens with one attached hydrogen (secondary N) is 1. The maximum atomic E-state index is 12.0. The van der Waals surface area contributed by atoms with Crippen molar-refractivity contribution in [1.29, 1.82) is 0 Å². The van der Waals surface area contributed by atoms with Gasteiger partial charge < -0.3 is 9.73 Å². The number of hydrogen-bond donors (Lipinski definition) is 1. The molecule has 1 amide bonds. The molecule has 0 radical (unpaired) electrons. The molecule has 4 heteroatoms. The van der Waals surface area contributed by atoms with Crippen molar-refractivity contribution in [2.75, 3.05) is 0 Å². The number of nitrogens with zero attached hydrogens (tertiary/aromatic N) is 1. The maximum absolute atomic E-state index is 12.0. The van der Waals surface area contributed by atoms with E-state index in [1.54, 1.807) is 0 Å². The predicted octanol–water partition coefficient (Wildman–Crippen LogP) is 3.29. The number of aromatic nitrogens is 1. The molecule has 0 aliphatic carbocycles. The third-order valence-corrected chi connectivity index (χ3v) is 2.90. The highest BCUT2D eigenvalue weighted by molar-refractivity contribution is 5.92. The van der Waals surface area contributed by atoms with E-state index in [1.807, 2.05) is 51.1 Å². The molecule has 1 aromatic heterocycles. The van der Waals surface area contributed by atoms with Crippen LogP contribution in [0.1, 0.15) is 54.7 Å². The van der Waals surface area contributed by atoms with E-state index >= 15 is 0 Å². The number of hydrogen-bond acceptors (Lipinski definition) is 3. The third-order valence-electron chi connectivity index (χ3n) is 2.90. The van der Waals surface area contributed by atoms with Crippen molar-refractivity contribution < 1.29 is 9.21 Å². The Balaban J connectivity index is 2.04. The van der Waals surface area contributed by atoms with Gasteiger partial charge in [-0.1, -0.05) is 44.2 Å². The van der Waals surface area contributed by atoms with Crippen LogP contribution in [0.2, 0.25) is 0 Å². The smallest absolute Gasteiger partial charge is 0.273 e. The van der Waals surface area contributed by atoms with E-state index in [4.69, 9.17) is 4.42 Å². The molecule has 19 heavy (non-hydrogen) atoms. The minimum absolute atomic E-state index is 0.0621. The summed E-state index contributed by atoms with van der Waals surface area (Å²) in [5.41, 5.74) is 1.38. The van der Waals surface area contributed by atoms with E-state index in [9.17, 15) is 4.79 Å². The minimum atomic E-state index is -0.216. The van der Waals surface area contributed by atoms with Gasteiger partial charge in [-0.25, -0.2) is 4.98 Å². The number of oxazole rings is 1. The molecule has 0 aliphatic rings. The quantitative estimate of drug-likeness (QED) is 0.915. The van der Waals surface area contributed by atoms with Gasteiger partial charge in [0.1, 0.15) is 6.26 Å². The molecular formula is C15H18N2O2. The summed E-state index contributed by atoms with van der Waals surface area (Å²) in [6, 6.07) is 9.74. The summed E-state index contributed by atoms with van der Waals surface area (Å²) in [7, 11) is 0. The molecule has 4 nitrogen and oxygen atoms in total.